The van der Waals surface area contributed by atoms with Crippen LogP contribution in [0.15, 0.2) is 0 Å². The van der Waals surface area contributed by atoms with Gasteiger partial charge in [-0.25, -0.2) is 0 Å². The zero-order valence-electron chi connectivity index (χ0n) is 22.7. The smallest absolute Gasteiger partial charge is 0.138 e. The summed E-state index contributed by atoms with van der Waals surface area (Å²) >= 11 is 0. The number of carbonyl (C=O) groups is 1. The lowest BCUT2D eigenvalue weighted by molar-refractivity contribution is -0.210. The highest BCUT2D eigenvalue weighted by atomic mass is 16.5. The van der Waals surface area contributed by atoms with Gasteiger partial charge in [0.2, 0.25) is 0 Å². The molecule has 1 saturated heterocycles. The number of ether oxygens (including phenoxy) is 1. The molecule has 0 spiro atoms. The van der Waals surface area contributed by atoms with Crippen LogP contribution in [0.2, 0.25) is 0 Å². The number of rotatable bonds is 2. The summed E-state index contributed by atoms with van der Waals surface area (Å²) in [7, 11) is 0. The lowest BCUT2D eigenvalue weighted by Gasteiger charge is -2.69. The van der Waals surface area contributed by atoms with Crippen LogP contribution in [0.5, 0.6) is 0 Å². The predicted octanol–water partition coefficient (Wildman–Crippen LogP) is 6.95. The molecule has 0 aromatic heterocycles. The fourth-order valence-electron chi connectivity index (χ4n) is 10.9. The fourth-order valence-corrected chi connectivity index (χ4v) is 10.9. The molecule has 4 saturated carbocycles. The molecule has 1 N–H and O–H groups in total. The van der Waals surface area contributed by atoms with E-state index >= 15 is 0 Å². The Balaban J connectivity index is 1.45. The van der Waals surface area contributed by atoms with Gasteiger partial charge in [-0.1, -0.05) is 34.6 Å². The average molecular weight is 459 g/mol. The van der Waals surface area contributed by atoms with Crippen LogP contribution >= 0.6 is 0 Å². The van der Waals surface area contributed by atoms with E-state index in [0.29, 0.717) is 34.4 Å². The monoisotopic (exact) mass is 458 g/mol. The van der Waals surface area contributed by atoms with Gasteiger partial charge in [0.25, 0.3) is 0 Å². The second kappa shape index (κ2) is 7.09. The molecule has 0 aromatic carbocycles. The van der Waals surface area contributed by atoms with E-state index in [9.17, 15) is 9.90 Å². The normalized spacial score (nSPS) is 54.0. The summed E-state index contributed by atoms with van der Waals surface area (Å²) in [5.41, 5.74) is -0.0493. The Labute approximate surface area is 202 Å². The maximum Gasteiger partial charge on any atom is 0.138 e. The summed E-state index contributed by atoms with van der Waals surface area (Å²) in [6.07, 6.45) is 11.6. The van der Waals surface area contributed by atoms with Crippen molar-refractivity contribution in [3.05, 3.63) is 0 Å². The van der Waals surface area contributed by atoms with E-state index in [1.165, 1.54) is 38.5 Å². The molecule has 0 bridgehead atoms. The van der Waals surface area contributed by atoms with Crippen molar-refractivity contribution in [1.29, 1.82) is 0 Å². The van der Waals surface area contributed by atoms with Crippen molar-refractivity contribution in [2.75, 3.05) is 0 Å². The van der Waals surface area contributed by atoms with Crippen molar-refractivity contribution in [1.82, 2.24) is 0 Å². The summed E-state index contributed by atoms with van der Waals surface area (Å²) in [6, 6.07) is 0. The first-order valence-corrected chi connectivity index (χ1v) is 14.0. The topological polar surface area (TPSA) is 46.5 Å². The Kier molecular flexibility index (Phi) is 5.22. The molecule has 3 heteroatoms. The van der Waals surface area contributed by atoms with Crippen molar-refractivity contribution in [3.63, 3.8) is 0 Å². The highest BCUT2D eigenvalue weighted by molar-refractivity contribution is 5.85. The molecule has 3 nitrogen and oxygen atoms in total. The van der Waals surface area contributed by atoms with Crippen LogP contribution in [-0.2, 0) is 9.53 Å². The highest BCUT2D eigenvalue weighted by Gasteiger charge is 2.70. The Bertz CT molecular complexity index is 825. The molecule has 5 fully saturated rings. The highest BCUT2D eigenvalue weighted by Crippen LogP contribution is 2.75. The summed E-state index contributed by atoms with van der Waals surface area (Å²) in [4.78, 5) is 12.9. The molecule has 5 aliphatic rings. The summed E-state index contributed by atoms with van der Waals surface area (Å²) in [5, 5.41) is 10.6. The molecule has 9 atom stereocenters. The average Bonchev–Trinajstić information content (AvgIpc) is 3.27. The van der Waals surface area contributed by atoms with Crippen LogP contribution in [0.1, 0.15) is 120 Å². The third-order valence-corrected chi connectivity index (χ3v) is 13.0. The fraction of sp³-hybridized carbons (Fsp3) is 0.967. The molecule has 3 unspecified atom stereocenters. The van der Waals surface area contributed by atoms with Crippen molar-refractivity contribution in [3.8, 4) is 0 Å². The van der Waals surface area contributed by atoms with Gasteiger partial charge in [0.05, 0.1) is 17.3 Å². The maximum absolute atomic E-state index is 12.9. The first-order chi connectivity index (χ1) is 15.1. The van der Waals surface area contributed by atoms with Gasteiger partial charge in [-0.3, -0.25) is 4.79 Å². The van der Waals surface area contributed by atoms with Crippen molar-refractivity contribution >= 4 is 5.78 Å². The van der Waals surface area contributed by atoms with E-state index in [-0.39, 0.29) is 22.5 Å². The van der Waals surface area contributed by atoms with Gasteiger partial charge in [-0.2, -0.15) is 0 Å². The van der Waals surface area contributed by atoms with Crippen molar-refractivity contribution in [2.45, 2.75) is 137 Å². The SMILES string of the molecule is CC1(C)C(=O)CC[C@@]2(C)C1CC[C@]1(C)C2CCC2[C@@H]([C@@]3(C)CC[C@@H](C(C)(C)O)O3)CC[C@]21C. The lowest BCUT2D eigenvalue weighted by Crippen LogP contribution is -2.63. The molecule has 0 radical (unpaired) electrons. The first-order valence-electron chi connectivity index (χ1n) is 14.0. The van der Waals surface area contributed by atoms with E-state index < -0.39 is 5.60 Å². The number of Topliss-reactive ketones (excluding diaryl/α,β-unsaturated/α-hetero) is 1. The Morgan fingerprint density at radius 1 is 0.788 bits per heavy atom. The molecular weight excluding hydrogens is 408 g/mol. The Morgan fingerprint density at radius 3 is 2.09 bits per heavy atom. The van der Waals surface area contributed by atoms with Crippen molar-refractivity contribution < 1.29 is 14.6 Å². The number of aliphatic hydroxyl groups is 1. The molecule has 4 aliphatic carbocycles. The lowest BCUT2D eigenvalue weighted by atomic mass is 9.35. The quantitative estimate of drug-likeness (QED) is 0.487. The van der Waals surface area contributed by atoms with E-state index in [4.69, 9.17) is 4.74 Å². The van der Waals surface area contributed by atoms with E-state index in [1.807, 2.05) is 13.8 Å². The molecule has 5 rings (SSSR count). The minimum Gasteiger partial charge on any atom is -0.388 e. The zero-order chi connectivity index (χ0) is 24.2. The second-order valence-electron chi connectivity index (χ2n) is 15.1. The minimum atomic E-state index is -0.762. The number of fused-ring (bicyclic) bond motifs is 5. The van der Waals surface area contributed by atoms with Gasteiger partial charge in [0.15, 0.2) is 0 Å². The number of ketones is 1. The second-order valence-corrected chi connectivity index (χ2v) is 15.1. The van der Waals surface area contributed by atoms with Gasteiger partial charge in [0.1, 0.15) is 5.78 Å². The minimum absolute atomic E-state index is 0.0439. The van der Waals surface area contributed by atoms with Crippen LogP contribution in [0.25, 0.3) is 0 Å². The van der Waals surface area contributed by atoms with Gasteiger partial charge in [-0.05, 0) is 118 Å². The largest absolute Gasteiger partial charge is 0.388 e. The van der Waals surface area contributed by atoms with Crippen molar-refractivity contribution in [2.24, 2.45) is 45.3 Å². The molecule has 188 valence electrons. The van der Waals surface area contributed by atoms with Crippen LogP contribution in [0.3, 0.4) is 0 Å². The summed E-state index contributed by atoms with van der Waals surface area (Å²) < 4.78 is 6.72. The first kappa shape index (κ1) is 24.3. The van der Waals surface area contributed by atoms with Gasteiger partial charge in [-0.15, -0.1) is 0 Å². The van der Waals surface area contributed by atoms with Crippen LogP contribution in [0, 0.1) is 45.3 Å². The van der Waals surface area contributed by atoms with Crippen LogP contribution < -0.4 is 0 Å². The summed E-state index contributed by atoms with van der Waals surface area (Å²) in [6.45, 7) is 18.5. The molecule has 1 aliphatic heterocycles. The molecule has 0 amide bonds. The third kappa shape index (κ3) is 3.09. The molecular formula is C30H50O3. The van der Waals surface area contributed by atoms with Crippen LogP contribution in [-0.4, -0.2) is 28.2 Å². The van der Waals surface area contributed by atoms with Gasteiger partial charge in [0, 0.05) is 11.8 Å². The predicted molar refractivity (Wildman–Crippen MR) is 133 cm³/mol. The van der Waals surface area contributed by atoms with E-state index in [1.54, 1.807) is 0 Å². The Morgan fingerprint density at radius 2 is 1.45 bits per heavy atom. The Hall–Kier alpha value is -0.410. The standard InChI is InChI=1S/C30H50O3/c1-25(2)21-12-17-29(7)22(27(21,5)15-13-23(25)31)10-9-19-20(11-16-28(19,29)6)30(8)18-14-24(33-30)26(3,4)32/h19-22,24,32H,9-18H2,1-8H3/t19?,20-,21?,22?,24-,27-,28+,29+,30+/m0/s1. The van der Waals surface area contributed by atoms with Gasteiger partial charge < -0.3 is 9.84 Å². The molecule has 1 heterocycles. The number of hydrogen-bond donors (Lipinski definition) is 1. The van der Waals surface area contributed by atoms with E-state index in [2.05, 4.69) is 41.5 Å². The molecule has 33 heavy (non-hydrogen) atoms. The third-order valence-electron chi connectivity index (χ3n) is 13.0. The number of carbonyl (C=O) groups excluding carboxylic acids is 1. The van der Waals surface area contributed by atoms with E-state index in [0.717, 1.165) is 31.6 Å². The zero-order valence-corrected chi connectivity index (χ0v) is 22.7. The molecule has 0 aromatic rings. The van der Waals surface area contributed by atoms with Gasteiger partial charge >= 0.3 is 0 Å². The maximum atomic E-state index is 12.9. The summed E-state index contributed by atoms with van der Waals surface area (Å²) in [5.74, 6) is 3.06. The van der Waals surface area contributed by atoms with Crippen LogP contribution in [0.4, 0.5) is 0 Å². The number of hydrogen-bond acceptors (Lipinski definition) is 3.